The molecule has 0 aromatic carbocycles. The summed E-state index contributed by atoms with van der Waals surface area (Å²) >= 11 is 0. The Morgan fingerprint density at radius 1 is 1.35 bits per heavy atom. The number of carbonyl (C=O) groups excluding carboxylic acids is 1. The molecule has 2 N–H and O–H groups in total. The number of hydrogen-bond acceptors (Lipinski definition) is 5. The first-order chi connectivity index (χ1) is 10.8. The number of primary amides is 1. The van der Waals surface area contributed by atoms with Crippen molar-refractivity contribution in [2.24, 2.45) is 17.6 Å². The number of aryl methyl sites for hydroxylation is 1. The highest BCUT2D eigenvalue weighted by molar-refractivity contribution is 5.85. The molecule has 10 heteroatoms. The molecule has 0 radical (unpaired) electrons. The van der Waals surface area contributed by atoms with Crippen LogP contribution in [0.5, 0.6) is 0 Å². The molecule has 1 aliphatic heterocycles. The number of carbonyl (C=O) groups is 1. The number of nitrogens with zero attached hydrogens (tertiary/aromatic N) is 5. The van der Waals surface area contributed by atoms with Gasteiger partial charge in [-0.15, -0.1) is 0 Å². The zero-order valence-corrected chi connectivity index (χ0v) is 12.3. The molecule has 2 atom stereocenters. The maximum absolute atomic E-state index is 13.1. The monoisotopic (exact) mass is 328 g/mol. The number of hydrogen-bond donors (Lipinski definition) is 1. The van der Waals surface area contributed by atoms with Gasteiger partial charge in [-0.05, 0) is 6.92 Å². The van der Waals surface area contributed by atoms with Gasteiger partial charge in [0.05, 0.1) is 18.2 Å². The van der Waals surface area contributed by atoms with E-state index in [1.807, 2.05) is 6.92 Å². The third-order valence-corrected chi connectivity index (χ3v) is 4.13. The van der Waals surface area contributed by atoms with Crippen LogP contribution in [0.4, 0.5) is 19.0 Å². The second-order valence-corrected chi connectivity index (χ2v) is 5.46. The summed E-state index contributed by atoms with van der Waals surface area (Å²) in [4.78, 5) is 25.2. The van der Waals surface area contributed by atoms with E-state index < -0.39 is 23.9 Å². The number of anilines is 1. The molecule has 1 fully saturated rings. The van der Waals surface area contributed by atoms with Crippen LogP contribution in [0.25, 0.3) is 11.2 Å². The molecule has 2 aromatic rings. The van der Waals surface area contributed by atoms with Crippen molar-refractivity contribution in [3.05, 3.63) is 12.7 Å². The van der Waals surface area contributed by atoms with Crippen molar-refractivity contribution in [3.63, 3.8) is 0 Å². The standard InChI is InChI=1S/C13H15F3N6O/c1-2-21-6-20-9-11(21)18-5-19-12(9)22-3-7(10(17)23)8(4-22)13(14,15)16/h5-8H,2-4H2,1H3,(H2,17,23)/t7-,8-/m1/s1. The lowest BCUT2D eigenvalue weighted by molar-refractivity contribution is -0.181. The zero-order valence-electron chi connectivity index (χ0n) is 12.3. The predicted molar refractivity (Wildman–Crippen MR) is 75.4 cm³/mol. The molecule has 124 valence electrons. The van der Waals surface area contributed by atoms with Crippen molar-refractivity contribution in [1.82, 2.24) is 19.5 Å². The number of aromatic nitrogens is 4. The molecule has 0 spiro atoms. The van der Waals surface area contributed by atoms with Crippen molar-refractivity contribution in [3.8, 4) is 0 Å². The highest BCUT2D eigenvalue weighted by Gasteiger charge is 2.52. The number of imidazole rings is 1. The second-order valence-electron chi connectivity index (χ2n) is 5.46. The van der Waals surface area contributed by atoms with Gasteiger partial charge in [0.1, 0.15) is 6.33 Å². The lowest BCUT2D eigenvalue weighted by Gasteiger charge is -2.19. The summed E-state index contributed by atoms with van der Waals surface area (Å²) < 4.78 is 41.2. The number of fused-ring (bicyclic) bond motifs is 1. The Hall–Kier alpha value is -2.39. The topological polar surface area (TPSA) is 89.9 Å². The van der Waals surface area contributed by atoms with Crippen LogP contribution in [-0.4, -0.2) is 44.7 Å². The van der Waals surface area contributed by atoms with E-state index in [1.165, 1.54) is 11.2 Å². The van der Waals surface area contributed by atoms with Gasteiger partial charge in [0.25, 0.3) is 0 Å². The Bertz CT molecular complexity index is 743. The normalized spacial score (nSPS) is 22.0. The fourth-order valence-corrected chi connectivity index (χ4v) is 2.93. The Balaban J connectivity index is 2.00. The van der Waals surface area contributed by atoms with E-state index in [0.717, 1.165) is 0 Å². The molecule has 1 amide bonds. The van der Waals surface area contributed by atoms with Gasteiger partial charge in [-0.1, -0.05) is 0 Å². The van der Waals surface area contributed by atoms with E-state index in [1.54, 1.807) is 10.9 Å². The van der Waals surface area contributed by atoms with Gasteiger partial charge < -0.3 is 15.2 Å². The third-order valence-electron chi connectivity index (χ3n) is 4.13. The highest BCUT2D eigenvalue weighted by atomic mass is 19.4. The van der Waals surface area contributed by atoms with Crippen LogP contribution in [-0.2, 0) is 11.3 Å². The third kappa shape index (κ3) is 2.57. The molecule has 3 rings (SSSR count). The van der Waals surface area contributed by atoms with E-state index >= 15 is 0 Å². The van der Waals surface area contributed by atoms with Crippen molar-refractivity contribution in [2.45, 2.75) is 19.6 Å². The minimum absolute atomic E-state index is 0.134. The molecule has 1 aliphatic rings. The fraction of sp³-hybridized carbons (Fsp3) is 0.538. The molecule has 1 saturated heterocycles. The molecular formula is C13H15F3N6O. The molecule has 0 unspecified atom stereocenters. The van der Waals surface area contributed by atoms with Crippen LogP contribution >= 0.6 is 0 Å². The summed E-state index contributed by atoms with van der Waals surface area (Å²) in [6.45, 7) is 2.02. The summed E-state index contributed by atoms with van der Waals surface area (Å²) in [6.07, 6.45) is -1.65. The van der Waals surface area contributed by atoms with Crippen LogP contribution in [0.1, 0.15) is 6.92 Å². The van der Waals surface area contributed by atoms with Crippen LogP contribution in [0.3, 0.4) is 0 Å². The van der Waals surface area contributed by atoms with Gasteiger partial charge in [0.2, 0.25) is 5.91 Å². The van der Waals surface area contributed by atoms with Crippen molar-refractivity contribution in [2.75, 3.05) is 18.0 Å². The summed E-state index contributed by atoms with van der Waals surface area (Å²) in [6, 6.07) is 0. The van der Waals surface area contributed by atoms with Crippen LogP contribution in [0.15, 0.2) is 12.7 Å². The summed E-state index contributed by atoms with van der Waals surface area (Å²) in [5.41, 5.74) is 6.11. The van der Waals surface area contributed by atoms with Gasteiger partial charge in [0.15, 0.2) is 17.0 Å². The Morgan fingerprint density at radius 2 is 2.09 bits per heavy atom. The lowest BCUT2D eigenvalue weighted by Crippen LogP contribution is -2.37. The average molecular weight is 328 g/mol. The first-order valence-corrected chi connectivity index (χ1v) is 7.09. The minimum Gasteiger partial charge on any atom is -0.369 e. The molecule has 7 nitrogen and oxygen atoms in total. The van der Waals surface area contributed by atoms with Crippen LogP contribution in [0, 0.1) is 11.8 Å². The SMILES string of the molecule is CCn1cnc2c(N3C[C@@H](C(F)(F)F)[C@H](C(N)=O)C3)ncnc21. The molecular weight excluding hydrogens is 313 g/mol. The zero-order chi connectivity index (χ0) is 16.8. The average Bonchev–Trinajstić information content (AvgIpc) is 3.10. The smallest absolute Gasteiger partial charge is 0.369 e. The largest absolute Gasteiger partial charge is 0.394 e. The first kappa shape index (κ1) is 15.5. The Morgan fingerprint density at radius 3 is 2.65 bits per heavy atom. The number of nitrogens with two attached hydrogens (primary N) is 1. The first-order valence-electron chi connectivity index (χ1n) is 7.09. The van der Waals surface area contributed by atoms with Crippen molar-refractivity contribution >= 4 is 22.9 Å². The van der Waals surface area contributed by atoms with Crippen LogP contribution in [0.2, 0.25) is 0 Å². The number of amides is 1. The minimum atomic E-state index is -4.50. The van der Waals surface area contributed by atoms with Crippen LogP contribution < -0.4 is 10.6 Å². The highest BCUT2D eigenvalue weighted by Crippen LogP contribution is 2.39. The van der Waals surface area contributed by atoms with Gasteiger partial charge in [0, 0.05) is 19.6 Å². The van der Waals surface area contributed by atoms with E-state index in [9.17, 15) is 18.0 Å². The fourth-order valence-electron chi connectivity index (χ4n) is 2.93. The number of halogens is 3. The molecule has 23 heavy (non-hydrogen) atoms. The summed E-state index contributed by atoms with van der Waals surface area (Å²) in [5, 5.41) is 0. The lowest BCUT2D eigenvalue weighted by atomic mass is 9.95. The molecule has 0 bridgehead atoms. The van der Waals surface area contributed by atoms with Gasteiger partial charge in [-0.3, -0.25) is 4.79 Å². The maximum atomic E-state index is 13.1. The predicted octanol–water partition coefficient (Wildman–Crippen LogP) is 0.946. The maximum Gasteiger partial charge on any atom is 0.394 e. The van der Waals surface area contributed by atoms with E-state index in [-0.39, 0.29) is 13.1 Å². The quantitative estimate of drug-likeness (QED) is 0.906. The van der Waals surface area contributed by atoms with Gasteiger partial charge in [-0.2, -0.15) is 13.2 Å². The van der Waals surface area contributed by atoms with Gasteiger partial charge in [-0.25, -0.2) is 15.0 Å². The van der Waals surface area contributed by atoms with E-state index in [0.29, 0.717) is 23.5 Å². The summed E-state index contributed by atoms with van der Waals surface area (Å²) in [7, 11) is 0. The van der Waals surface area contributed by atoms with Gasteiger partial charge >= 0.3 is 6.18 Å². The van der Waals surface area contributed by atoms with Crippen molar-refractivity contribution in [1.29, 1.82) is 0 Å². The Kier molecular flexibility index (Phi) is 3.61. The molecule has 0 aliphatic carbocycles. The number of alkyl halides is 3. The van der Waals surface area contributed by atoms with E-state index in [2.05, 4.69) is 15.0 Å². The Labute approximate surface area is 129 Å². The second kappa shape index (κ2) is 5.36. The number of rotatable bonds is 3. The van der Waals surface area contributed by atoms with E-state index in [4.69, 9.17) is 5.73 Å². The molecule has 2 aromatic heterocycles. The van der Waals surface area contributed by atoms with Crippen molar-refractivity contribution < 1.29 is 18.0 Å². The molecule has 0 saturated carbocycles. The molecule has 3 heterocycles. The summed E-state index contributed by atoms with van der Waals surface area (Å²) in [5.74, 6) is -3.77.